The van der Waals surface area contributed by atoms with Crippen LogP contribution in [0.2, 0.25) is 0 Å². The van der Waals surface area contributed by atoms with E-state index in [-0.39, 0.29) is 15.8 Å². The molecule has 2 aliphatic heterocycles. The second-order valence-electron chi connectivity index (χ2n) is 4.94. The second-order valence-corrected chi connectivity index (χ2v) is 4.94. The van der Waals surface area contributed by atoms with Crippen LogP contribution in [0, 0.1) is 0 Å². The van der Waals surface area contributed by atoms with E-state index >= 15 is 0 Å². The Bertz CT molecular complexity index is 623. The summed E-state index contributed by atoms with van der Waals surface area (Å²) >= 11 is 0. The predicted octanol–water partition coefficient (Wildman–Crippen LogP) is 3.50. The van der Waals surface area contributed by atoms with Gasteiger partial charge in [-0.25, -0.2) is 0 Å². The quantitative estimate of drug-likeness (QED) is 0.744. The van der Waals surface area contributed by atoms with Crippen LogP contribution in [0.5, 0.6) is 0 Å². The molecular formula is C13H10F5NO2. The number of allylic oxidation sites excluding steroid dienone is 1. The smallest absolute Gasteiger partial charge is 0.373 e. The summed E-state index contributed by atoms with van der Waals surface area (Å²) in [5.41, 5.74) is -1.81. The number of carbonyl (C=O) groups excluding carboxylic acids is 1. The monoisotopic (exact) mass is 307 g/mol. The number of carbonyl (C=O) groups is 1. The standard InChI is InChI=1S/C13H10F5NO2/c14-12(15,16)10-6-7(9-2-1-5-21-9)8-3-4-11(20)13(17,18)19(8)10/h3-4,6,9H,1-2,5H2. The lowest BCUT2D eigenvalue weighted by molar-refractivity contribution is -0.169. The van der Waals surface area contributed by atoms with Crippen molar-refractivity contribution in [2.24, 2.45) is 0 Å². The molecule has 1 unspecified atom stereocenters. The molecule has 3 nitrogen and oxygen atoms in total. The highest BCUT2D eigenvalue weighted by Gasteiger charge is 2.50. The molecule has 21 heavy (non-hydrogen) atoms. The number of ether oxygens (including phenoxy) is 1. The maximum atomic E-state index is 13.9. The molecule has 1 aromatic rings. The Morgan fingerprint density at radius 2 is 2.00 bits per heavy atom. The lowest BCUT2D eigenvalue weighted by Crippen LogP contribution is -2.37. The van der Waals surface area contributed by atoms with Gasteiger partial charge in [-0.2, -0.15) is 22.0 Å². The summed E-state index contributed by atoms with van der Waals surface area (Å²) in [4.78, 5) is 11.2. The van der Waals surface area contributed by atoms with E-state index in [4.69, 9.17) is 4.74 Å². The van der Waals surface area contributed by atoms with Crippen LogP contribution in [0.1, 0.15) is 35.9 Å². The first kappa shape index (κ1) is 14.2. The molecule has 0 N–H and O–H groups in total. The van der Waals surface area contributed by atoms with Crippen LogP contribution in [0.25, 0.3) is 6.08 Å². The molecule has 2 aliphatic rings. The van der Waals surface area contributed by atoms with Crippen molar-refractivity contribution in [3.63, 3.8) is 0 Å². The molecule has 1 fully saturated rings. The first-order valence-electron chi connectivity index (χ1n) is 6.28. The Morgan fingerprint density at radius 3 is 2.57 bits per heavy atom. The Morgan fingerprint density at radius 1 is 1.29 bits per heavy atom. The first-order chi connectivity index (χ1) is 9.73. The van der Waals surface area contributed by atoms with Gasteiger partial charge in [-0.1, -0.05) is 0 Å². The van der Waals surface area contributed by atoms with Gasteiger partial charge in [0.25, 0.3) is 0 Å². The van der Waals surface area contributed by atoms with Gasteiger partial charge < -0.3 is 4.74 Å². The zero-order chi connectivity index (χ0) is 15.4. The number of ketones is 1. The number of halogens is 5. The molecule has 0 aliphatic carbocycles. The summed E-state index contributed by atoms with van der Waals surface area (Å²) in [5.74, 6) is -1.67. The van der Waals surface area contributed by atoms with Crippen LogP contribution in [-0.2, 0) is 21.8 Å². The van der Waals surface area contributed by atoms with Gasteiger partial charge >= 0.3 is 12.2 Å². The van der Waals surface area contributed by atoms with E-state index < -0.39 is 29.8 Å². The molecule has 0 amide bonds. The van der Waals surface area contributed by atoms with Crippen molar-refractivity contribution in [1.82, 2.24) is 4.57 Å². The average molecular weight is 307 g/mol. The van der Waals surface area contributed by atoms with E-state index in [1.54, 1.807) is 0 Å². The Labute approximate surface area is 116 Å². The van der Waals surface area contributed by atoms with E-state index in [0.717, 1.165) is 6.08 Å². The van der Waals surface area contributed by atoms with Crippen molar-refractivity contribution in [2.45, 2.75) is 31.2 Å². The highest BCUT2D eigenvalue weighted by Crippen LogP contribution is 2.44. The van der Waals surface area contributed by atoms with Gasteiger partial charge in [-0.05, 0) is 31.1 Å². The molecule has 0 radical (unpaired) electrons. The van der Waals surface area contributed by atoms with Gasteiger partial charge in [0, 0.05) is 12.2 Å². The number of fused-ring (bicyclic) bond motifs is 1. The van der Waals surface area contributed by atoms with Crippen molar-refractivity contribution < 1.29 is 31.5 Å². The lowest BCUT2D eigenvalue weighted by Gasteiger charge is -2.24. The van der Waals surface area contributed by atoms with Crippen molar-refractivity contribution >= 4 is 11.9 Å². The van der Waals surface area contributed by atoms with Crippen molar-refractivity contribution in [3.8, 4) is 0 Å². The molecule has 0 saturated carbocycles. The van der Waals surface area contributed by atoms with Crippen LogP contribution in [0.15, 0.2) is 12.1 Å². The normalized spacial score (nSPS) is 24.4. The minimum absolute atomic E-state index is 0.0447. The zero-order valence-electron chi connectivity index (χ0n) is 10.6. The maximum absolute atomic E-state index is 13.9. The SMILES string of the molecule is O=C1C=Cc2c(C3CCCO3)cc(C(F)(F)F)n2C1(F)F. The van der Waals surface area contributed by atoms with E-state index in [9.17, 15) is 26.7 Å². The Kier molecular flexibility index (Phi) is 2.98. The highest BCUT2D eigenvalue weighted by atomic mass is 19.4. The molecule has 1 aromatic heterocycles. The summed E-state index contributed by atoms with van der Waals surface area (Å²) < 4.78 is 71.9. The summed E-state index contributed by atoms with van der Waals surface area (Å²) in [6, 6.07) is -3.59. The van der Waals surface area contributed by atoms with Crippen molar-refractivity contribution in [1.29, 1.82) is 0 Å². The fourth-order valence-corrected chi connectivity index (χ4v) is 2.67. The minimum atomic E-state index is -4.99. The largest absolute Gasteiger partial charge is 0.431 e. The number of rotatable bonds is 1. The zero-order valence-corrected chi connectivity index (χ0v) is 10.6. The lowest BCUT2D eigenvalue weighted by atomic mass is 10.0. The van der Waals surface area contributed by atoms with E-state index in [1.165, 1.54) is 0 Å². The third kappa shape index (κ3) is 2.08. The second kappa shape index (κ2) is 4.40. The number of hydrogen-bond acceptors (Lipinski definition) is 2. The molecule has 3 heterocycles. The number of nitrogens with zero attached hydrogens (tertiary/aromatic N) is 1. The summed E-state index contributed by atoms with van der Waals surface area (Å²) in [7, 11) is 0. The third-order valence-corrected chi connectivity index (χ3v) is 3.61. The van der Waals surface area contributed by atoms with Crippen LogP contribution in [0.3, 0.4) is 0 Å². The minimum Gasteiger partial charge on any atom is -0.373 e. The number of hydrogen-bond donors (Lipinski definition) is 0. The van der Waals surface area contributed by atoms with Crippen molar-refractivity contribution in [2.75, 3.05) is 6.61 Å². The summed E-state index contributed by atoms with van der Waals surface area (Å²) in [5, 5.41) is 0. The molecular weight excluding hydrogens is 297 g/mol. The number of aromatic nitrogens is 1. The summed E-state index contributed by atoms with van der Waals surface area (Å²) in [6.07, 6.45) is -2.94. The van der Waals surface area contributed by atoms with Gasteiger partial charge in [0.15, 0.2) is 0 Å². The first-order valence-corrected chi connectivity index (χ1v) is 6.28. The highest BCUT2D eigenvalue weighted by molar-refractivity contribution is 5.99. The van der Waals surface area contributed by atoms with E-state index in [0.29, 0.717) is 31.6 Å². The van der Waals surface area contributed by atoms with Crippen molar-refractivity contribution in [3.05, 3.63) is 29.1 Å². The Balaban J connectivity index is 2.24. The molecule has 0 bridgehead atoms. The number of alkyl halides is 5. The van der Waals surface area contributed by atoms with E-state index in [2.05, 4.69) is 0 Å². The van der Waals surface area contributed by atoms with Gasteiger partial charge in [-0.15, -0.1) is 0 Å². The van der Waals surface area contributed by atoms with Crippen LogP contribution in [-0.4, -0.2) is 17.0 Å². The van der Waals surface area contributed by atoms with Crippen LogP contribution >= 0.6 is 0 Å². The predicted molar refractivity (Wildman–Crippen MR) is 61.6 cm³/mol. The molecule has 8 heteroatoms. The molecule has 3 rings (SSSR count). The fourth-order valence-electron chi connectivity index (χ4n) is 2.67. The van der Waals surface area contributed by atoms with Gasteiger partial charge in [0.2, 0.25) is 5.78 Å². The topological polar surface area (TPSA) is 31.2 Å². The molecule has 0 aromatic carbocycles. The van der Waals surface area contributed by atoms with Crippen LogP contribution < -0.4 is 0 Å². The third-order valence-electron chi connectivity index (χ3n) is 3.61. The fraction of sp³-hybridized carbons (Fsp3) is 0.462. The van der Waals surface area contributed by atoms with Gasteiger partial charge in [0.05, 0.1) is 11.8 Å². The van der Waals surface area contributed by atoms with E-state index in [1.807, 2.05) is 0 Å². The molecule has 114 valence electrons. The molecule has 1 saturated heterocycles. The van der Waals surface area contributed by atoms with Crippen LogP contribution in [0.4, 0.5) is 22.0 Å². The Hall–Kier alpha value is -1.70. The average Bonchev–Trinajstić information content (AvgIpc) is 3.00. The maximum Gasteiger partial charge on any atom is 0.431 e. The molecule has 1 atom stereocenters. The van der Waals surface area contributed by atoms with Gasteiger partial charge in [0.1, 0.15) is 5.69 Å². The molecule has 0 spiro atoms. The van der Waals surface area contributed by atoms with Gasteiger partial charge in [-0.3, -0.25) is 9.36 Å². The summed E-state index contributed by atoms with van der Waals surface area (Å²) in [6.45, 7) is 0.371.